The molecule has 3 fully saturated rings. The van der Waals surface area contributed by atoms with Gasteiger partial charge in [-0.3, -0.25) is 19.2 Å². The van der Waals surface area contributed by atoms with Crippen LogP contribution in [-0.4, -0.2) is 46.3 Å². The number of hydrogen-bond donors (Lipinski definition) is 2. The average Bonchev–Trinajstić information content (AvgIpc) is 3.30. The Morgan fingerprint density at radius 2 is 1.53 bits per heavy atom. The number of fused-ring (bicyclic) bond motifs is 5. The highest BCUT2D eigenvalue weighted by Gasteiger charge is 2.60. The van der Waals surface area contributed by atoms with Gasteiger partial charge in [-0.25, -0.2) is 0 Å². The van der Waals surface area contributed by atoms with Crippen LogP contribution in [0.25, 0.3) is 0 Å². The van der Waals surface area contributed by atoms with E-state index < -0.39 is 23.9 Å². The molecule has 0 amide bonds. The maximum Gasteiger partial charge on any atom is 0.306 e. The third kappa shape index (κ3) is 7.47. The number of rotatable bonds is 13. The molecule has 4 aliphatic carbocycles. The maximum absolute atomic E-state index is 12.6. The van der Waals surface area contributed by atoms with Gasteiger partial charge in [0.15, 0.2) is 0 Å². The SMILES string of the molecule is CC(C)CC[C@H](OC(=O)CCC(=O)O)[C@@H](C)[C@H]1CC[C@H]2[C@@H]3CC=C4CC(OC(=O)CCC(=O)O)CC[C@]4(C)[C@H]3CC[C@]12C. The van der Waals surface area contributed by atoms with Crippen molar-refractivity contribution in [3.63, 3.8) is 0 Å². The Labute approximate surface area is 257 Å². The second kappa shape index (κ2) is 13.7. The minimum absolute atomic E-state index is 0.0768. The maximum atomic E-state index is 12.6. The molecule has 1 unspecified atom stereocenters. The minimum atomic E-state index is -0.982. The van der Waals surface area contributed by atoms with Crippen molar-refractivity contribution in [2.45, 2.75) is 137 Å². The lowest BCUT2D eigenvalue weighted by Crippen LogP contribution is -2.51. The topological polar surface area (TPSA) is 127 Å². The number of allylic oxidation sites excluding steroid dienone is 1. The van der Waals surface area contributed by atoms with E-state index in [0.29, 0.717) is 29.6 Å². The summed E-state index contributed by atoms with van der Waals surface area (Å²) >= 11 is 0. The van der Waals surface area contributed by atoms with Crippen molar-refractivity contribution >= 4 is 23.9 Å². The van der Waals surface area contributed by atoms with E-state index in [2.05, 4.69) is 40.7 Å². The van der Waals surface area contributed by atoms with E-state index in [1.807, 2.05) is 0 Å². The summed E-state index contributed by atoms with van der Waals surface area (Å²) in [5.41, 5.74) is 1.71. The van der Waals surface area contributed by atoms with E-state index in [9.17, 15) is 19.2 Å². The van der Waals surface area contributed by atoms with Crippen molar-refractivity contribution in [1.82, 2.24) is 0 Å². The molecular formula is C35H54O8. The molecule has 0 aromatic carbocycles. The summed E-state index contributed by atoms with van der Waals surface area (Å²) in [6.07, 6.45) is 11.6. The molecule has 8 nitrogen and oxygen atoms in total. The standard InChI is InChI=1S/C35H54O8/c1-21(2)6-11-29(43-33(41)15-13-31(38)39)22(3)26-9-10-27-25-8-7-23-20-24(42-32(40)14-12-30(36)37)16-18-34(23,4)28(25)17-19-35(26,27)5/h7,21-22,24-29H,6,8-20H2,1-5H3,(H,36,37)(H,38,39)/t22-,24?,25-,26+,27-,28-,29-,34-,35+/m0/s1. The van der Waals surface area contributed by atoms with Gasteiger partial charge >= 0.3 is 23.9 Å². The van der Waals surface area contributed by atoms with Crippen molar-refractivity contribution in [3.05, 3.63) is 11.6 Å². The number of carboxylic acid groups (broad SMARTS) is 2. The quantitative estimate of drug-likeness (QED) is 0.167. The third-order valence-corrected chi connectivity index (χ3v) is 12.0. The van der Waals surface area contributed by atoms with E-state index in [0.717, 1.165) is 51.4 Å². The monoisotopic (exact) mass is 602 g/mol. The summed E-state index contributed by atoms with van der Waals surface area (Å²) in [7, 11) is 0. The van der Waals surface area contributed by atoms with Crippen LogP contribution in [0.3, 0.4) is 0 Å². The summed E-state index contributed by atoms with van der Waals surface area (Å²) in [6.45, 7) is 11.5. The lowest BCUT2D eigenvalue weighted by molar-refractivity contribution is -0.157. The van der Waals surface area contributed by atoms with Gasteiger partial charge in [0.1, 0.15) is 12.2 Å². The molecule has 43 heavy (non-hydrogen) atoms. The van der Waals surface area contributed by atoms with Crippen molar-refractivity contribution < 1.29 is 38.9 Å². The number of carbonyl (C=O) groups is 4. The third-order valence-electron chi connectivity index (χ3n) is 12.0. The Bertz CT molecular complexity index is 1080. The first-order valence-corrected chi connectivity index (χ1v) is 16.8. The summed E-state index contributed by atoms with van der Waals surface area (Å²) in [5.74, 6) is 0.255. The van der Waals surface area contributed by atoms with Crippen LogP contribution >= 0.6 is 0 Å². The molecule has 0 bridgehead atoms. The normalized spacial score (nSPS) is 34.7. The van der Waals surface area contributed by atoms with Crippen LogP contribution < -0.4 is 0 Å². The molecule has 8 heteroatoms. The molecule has 0 heterocycles. The lowest BCUT2D eigenvalue weighted by atomic mass is 9.47. The first-order valence-electron chi connectivity index (χ1n) is 16.8. The molecule has 0 radical (unpaired) electrons. The van der Waals surface area contributed by atoms with Gasteiger partial charge in [-0.15, -0.1) is 0 Å². The van der Waals surface area contributed by atoms with Crippen LogP contribution in [0.1, 0.15) is 125 Å². The molecule has 0 aromatic rings. The largest absolute Gasteiger partial charge is 0.481 e. The van der Waals surface area contributed by atoms with Gasteiger partial charge < -0.3 is 19.7 Å². The molecule has 242 valence electrons. The Hall–Kier alpha value is -2.38. The Balaban J connectivity index is 1.44. The Morgan fingerprint density at radius 1 is 0.860 bits per heavy atom. The van der Waals surface area contributed by atoms with E-state index >= 15 is 0 Å². The Kier molecular flexibility index (Phi) is 10.7. The van der Waals surface area contributed by atoms with Gasteiger partial charge in [0.2, 0.25) is 0 Å². The highest BCUT2D eigenvalue weighted by atomic mass is 16.5. The smallest absolute Gasteiger partial charge is 0.306 e. The van der Waals surface area contributed by atoms with Crippen LogP contribution in [0.4, 0.5) is 0 Å². The van der Waals surface area contributed by atoms with E-state index in [-0.39, 0.29) is 54.6 Å². The zero-order valence-electron chi connectivity index (χ0n) is 26.9. The first-order chi connectivity index (χ1) is 20.2. The van der Waals surface area contributed by atoms with E-state index in [1.54, 1.807) is 0 Å². The van der Waals surface area contributed by atoms with E-state index in [4.69, 9.17) is 19.7 Å². The number of esters is 2. The zero-order chi connectivity index (χ0) is 31.5. The molecular weight excluding hydrogens is 548 g/mol. The second-order valence-electron chi connectivity index (χ2n) is 15.0. The van der Waals surface area contributed by atoms with Crippen LogP contribution in [0, 0.1) is 46.3 Å². The predicted octanol–water partition coefficient (Wildman–Crippen LogP) is 7.19. The minimum Gasteiger partial charge on any atom is -0.481 e. The lowest BCUT2D eigenvalue weighted by Gasteiger charge is -2.58. The van der Waals surface area contributed by atoms with Crippen molar-refractivity contribution in [3.8, 4) is 0 Å². The number of hydrogen-bond acceptors (Lipinski definition) is 6. The molecule has 3 saturated carbocycles. The van der Waals surface area contributed by atoms with Crippen molar-refractivity contribution in [1.29, 1.82) is 0 Å². The fourth-order valence-corrected chi connectivity index (χ4v) is 9.71. The number of carbonyl (C=O) groups excluding carboxylic acids is 2. The number of aliphatic carboxylic acids is 2. The molecule has 0 spiro atoms. The van der Waals surface area contributed by atoms with Crippen LogP contribution in [0.15, 0.2) is 11.6 Å². The van der Waals surface area contributed by atoms with Crippen LogP contribution in [0.2, 0.25) is 0 Å². The van der Waals surface area contributed by atoms with Crippen LogP contribution in [-0.2, 0) is 28.7 Å². The zero-order valence-corrected chi connectivity index (χ0v) is 26.9. The summed E-state index contributed by atoms with van der Waals surface area (Å²) in [6, 6.07) is 0. The van der Waals surface area contributed by atoms with Crippen molar-refractivity contribution in [2.75, 3.05) is 0 Å². The predicted molar refractivity (Wildman–Crippen MR) is 162 cm³/mol. The van der Waals surface area contributed by atoms with Gasteiger partial charge in [0, 0.05) is 6.42 Å². The molecule has 4 aliphatic rings. The van der Waals surface area contributed by atoms with Crippen LogP contribution in [0.5, 0.6) is 0 Å². The molecule has 2 N–H and O–H groups in total. The molecule has 0 aromatic heterocycles. The first kappa shape index (κ1) is 33.5. The van der Waals surface area contributed by atoms with Gasteiger partial charge in [-0.1, -0.05) is 46.3 Å². The fraction of sp³-hybridized carbons (Fsp3) is 0.829. The van der Waals surface area contributed by atoms with Gasteiger partial charge in [-0.2, -0.15) is 0 Å². The van der Waals surface area contributed by atoms with Gasteiger partial charge in [0.25, 0.3) is 0 Å². The van der Waals surface area contributed by atoms with E-state index in [1.165, 1.54) is 18.4 Å². The molecule has 0 aliphatic heterocycles. The van der Waals surface area contributed by atoms with Gasteiger partial charge in [0.05, 0.1) is 25.7 Å². The van der Waals surface area contributed by atoms with Gasteiger partial charge in [-0.05, 0) is 104 Å². The summed E-state index contributed by atoms with van der Waals surface area (Å²) < 4.78 is 11.7. The number of carboxylic acids is 2. The Morgan fingerprint density at radius 3 is 2.19 bits per heavy atom. The highest BCUT2D eigenvalue weighted by Crippen LogP contribution is 2.67. The fourth-order valence-electron chi connectivity index (χ4n) is 9.71. The highest BCUT2D eigenvalue weighted by molar-refractivity contribution is 5.77. The second-order valence-corrected chi connectivity index (χ2v) is 15.0. The molecule has 4 rings (SSSR count). The average molecular weight is 603 g/mol. The molecule has 0 saturated heterocycles. The number of ether oxygens (including phenoxy) is 2. The summed E-state index contributed by atoms with van der Waals surface area (Å²) in [4.78, 5) is 46.7. The molecule has 9 atom stereocenters. The summed E-state index contributed by atoms with van der Waals surface area (Å²) in [5, 5.41) is 17.9. The van der Waals surface area contributed by atoms with Crippen molar-refractivity contribution in [2.24, 2.45) is 46.3 Å².